The molecule has 0 aliphatic rings. The van der Waals surface area contributed by atoms with Crippen molar-refractivity contribution in [1.82, 2.24) is 4.57 Å². The van der Waals surface area contributed by atoms with Crippen LogP contribution in [0.15, 0.2) is 212 Å². The van der Waals surface area contributed by atoms with Gasteiger partial charge in [-0.15, -0.1) is 11.3 Å². The fraction of sp³-hybridized carbons (Fsp3) is 0. The standard InChI is InChI=1S/C55H35N3S/c1-56-40-31-33-41(34-32-40)57(50-27-15-28-51-54(50)47-22-9-12-26-49(47)58(51)48-25-11-8-20-42(48)37-16-4-2-5-17-37)52-36-39(30-35-43(52)38-18-6-3-7-19-38)44-23-14-24-46-45-21-10-13-29-53(45)59-55(44)46/h2-36H. The Morgan fingerprint density at radius 2 is 1.07 bits per heavy atom. The first-order chi connectivity index (χ1) is 29.2. The predicted octanol–water partition coefficient (Wildman–Crippen LogP) is 16.2. The summed E-state index contributed by atoms with van der Waals surface area (Å²) in [6.45, 7) is 7.80. The maximum absolute atomic E-state index is 7.80. The van der Waals surface area contributed by atoms with Crippen LogP contribution in [0.3, 0.4) is 0 Å². The zero-order chi connectivity index (χ0) is 39.3. The number of nitrogens with zero attached hydrogens (tertiary/aromatic N) is 3. The molecule has 0 spiro atoms. The SMILES string of the molecule is [C-]#[N+]c1ccc(N(c2cc(-c3cccc4c3sc3ccccc34)ccc2-c2ccccc2)c2cccc3c2c2ccccc2n3-c2ccccc2-c2ccccc2)cc1. The van der Waals surface area contributed by atoms with Crippen LogP contribution in [-0.2, 0) is 0 Å². The summed E-state index contributed by atoms with van der Waals surface area (Å²) in [6.07, 6.45) is 0. The van der Waals surface area contributed by atoms with Crippen LogP contribution >= 0.6 is 11.3 Å². The van der Waals surface area contributed by atoms with E-state index in [9.17, 15) is 0 Å². The molecule has 0 saturated carbocycles. The molecule has 59 heavy (non-hydrogen) atoms. The van der Waals surface area contributed by atoms with E-state index in [1.54, 1.807) is 0 Å². The molecule has 0 amide bonds. The number of anilines is 3. The highest BCUT2D eigenvalue weighted by Gasteiger charge is 2.25. The van der Waals surface area contributed by atoms with Gasteiger partial charge in [0, 0.05) is 47.8 Å². The first kappa shape index (κ1) is 34.5. The van der Waals surface area contributed by atoms with Gasteiger partial charge in [0.2, 0.25) is 0 Å². The second-order valence-corrected chi connectivity index (χ2v) is 15.8. The summed E-state index contributed by atoms with van der Waals surface area (Å²) in [7, 11) is 0. The van der Waals surface area contributed by atoms with E-state index in [4.69, 9.17) is 6.57 Å². The van der Waals surface area contributed by atoms with Gasteiger partial charge in [-0.2, -0.15) is 0 Å². The van der Waals surface area contributed by atoms with Crippen molar-refractivity contribution in [3.63, 3.8) is 0 Å². The molecule has 0 radical (unpaired) electrons. The minimum atomic E-state index is 0.606. The first-order valence-corrected chi connectivity index (χ1v) is 20.6. The van der Waals surface area contributed by atoms with Gasteiger partial charge in [0.15, 0.2) is 5.69 Å². The van der Waals surface area contributed by atoms with Crippen molar-refractivity contribution in [3.8, 4) is 39.1 Å². The summed E-state index contributed by atoms with van der Waals surface area (Å²) >= 11 is 1.85. The van der Waals surface area contributed by atoms with E-state index < -0.39 is 0 Å². The van der Waals surface area contributed by atoms with Crippen molar-refractivity contribution >= 4 is 76.1 Å². The normalized spacial score (nSPS) is 11.4. The average Bonchev–Trinajstić information content (AvgIpc) is 3.86. The molecule has 2 aromatic heterocycles. The van der Waals surface area contributed by atoms with Crippen LogP contribution in [0, 0.1) is 6.57 Å². The number of hydrogen-bond acceptors (Lipinski definition) is 2. The zero-order valence-electron chi connectivity index (χ0n) is 32.0. The summed E-state index contributed by atoms with van der Waals surface area (Å²) < 4.78 is 4.99. The van der Waals surface area contributed by atoms with Crippen LogP contribution in [0.2, 0.25) is 0 Å². The molecule has 11 aromatic rings. The van der Waals surface area contributed by atoms with E-state index in [1.165, 1.54) is 36.9 Å². The third kappa shape index (κ3) is 5.79. The van der Waals surface area contributed by atoms with Crippen LogP contribution in [0.5, 0.6) is 0 Å². The van der Waals surface area contributed by atoms with Gasteiger partial charge in [-0.05, 0) is 70.8 Å². The van der Waals surface area contributed by atoms with Gasteiger partial charge in [0.05, 0.1) is 34.7 Å². The Balaban J connectivity index is 1.22. The zero-order valence-corrected chi connectivity index (χ0v) is 32.8. The van der Waals surface area contributed by atoms with Gasteiger partial charge < -0.3 is 9.47 Å². The quantitative estimate of drug-likeness (QED) is 0.147. The van der Waals surface area contributed by atoms with Crippen molar-refractivity contribution in [2.75, 3.05) is 4.90 Å². The Morgan fingerprint density at radius 1 is 0.441 bits per heavy atom. The van der Waals surface area contributed by atoms with Crippen LogP contribution in [0.1, 0.15) is 0 Å². The van der Waals surface area contributed by atoms with Crippen molar-refractivity contribution in [2.45, 2.75) is 0 Å². The summed E-state index contributed by atoms with van der Waals surface area (Å²) in [5, 5.41) is 4.87. The number of fused-ring (bicyclic) bond motifs is 6. The summed E-state index contributed by atoms with van der Waals surface area (Å²) in [6, 6.07) is 75.8. The monoisotopic (exact) mass is 769 g/mol. The Kier molecular flexibility index (Phi) is 8.40. The number of benzene rings is 9. The lowest BCUT2D eigenvalue weighted by Crippen LogP contribution is -2.12. The Morgan fingerprint density at radius 3 is 1.86 bits per heavy atom. The molecule has 0 N–H and O–H groups in total. The molecule has 0 aliphatic carbocycles. The third-order valence-electron chi connectivity index (χ3n) is 11.4. The van der Waals surface area contributed by atoms with E-state index in [2.05, 4.69) is 215 Å². The highest BCUT2D eigenvalue weighted by Crippen LogP contribution is 2.49. The van der Waals surface area contributed by atoms with Gasteiger partial charge in [0.1, 0.15) is 0 Å². The number of thiophene rings is 1. The lowest BCUT2D eigenvalue weighted by atomic mass is 9.95. The molecule has 3 nitrogen and oxygen atoms in total. The van der Waals surface area contributed by atoms with Crippen LogP contribution < -0.4 is 4.90 Å². The van der Waals surface area contributed by atoms with E-state index in [0.29, 0.717) is 5.69 Å². The number of para-hydroxylation sites is 2. The van der Waals surface area contributed by atoms with Gasteiger partial charge in [0.25, 0.3) is 0 Å². The molecule has 0 fully saturated rings. The highest BCUT2D eigenvalue weighted by molar-refractivity contribution is 7.26. The molecule has 2 heterocycles. The third-order valence-corrected chi connectivity index (χ3v) is 12.6. The fourth-order valence-electron chi connectivity index (χ4n) is 8.78. The van der Waals surface area contributed by atoms with E-state index in [0.717, 1.165) is 61.2 Å². The highest BCUT2D eigenvalue weighted by atomic mass is 32.1. The maximum atomic E-state index is 7.80. The fourth-order valence-corrected chi connectivity index (χ4v) is 10.0. The maximum Gasteiger partial charge on any atom is 0.187 e. The Bertz CT molecular complexity index is 3390. The summed E-state index contributed by atoms with van der Waals surface area (Å²) in [5.41, 5.74) is 14.0. The lowest BCUT2D eigenvalue weighted by Gasteiger charge is -2.29. The minimum Gasteiger partial charge on any atom is -0.309 e. The van der Waals surface area contributed by atoms with E-state index in [-0.39, 0.29) is 0 Å². The topological polar surface area (TPSA) is 12.5 Å². The second-order valence-electron chi connectivity index (χ2n) is 14.7. The number of rotatable bonds is 7. The van der Waals surface area contributed by atoms with E-state index in [1.807, 2.05) is 23.5 Å². The van der Waals surface area contributed by atoms with Gasteiger partial charge in [-0.25, -0.2) is 4.85 Å². The molecule has 0 saturated heterocycles. The summed E-state index contributed by atoms with van der Waals surface area (Å²) in [5.74, 6) is 0. The molecule has 0 unspecified atom stereocenters. The number of hydrogen-bond donors (Lipinski definition) is 0. The largest absolute Gasteiger partial charge is 0.309 e. The molecule has 0 aliphatic heterocycles. The molecule has 276 valence electrons. The summed E-state index contributed by atoms with van der Waals surface area (Å²) in [4.78, 5) is 6.18. The van der Waals surface area contributed by atoms with Gasteiger partial charge in [-0.1, -0.05) is 164 Å². The Hall–Kier alpha value is -7.71. The van der Waals surface area contributed by atoms with Crippen molar-refractivity contribution < 1.29 is 0 Å². The molecule has 0 bridgehead atoms. The lowest BCUT2D eigenvalue weighted by molar-refractivity contribution is 1.18. The van der Waals surface area contributed by atoms with Crippen molar-refractivity contribution in [2.24, 2.45) is 0 Å². The Labute approximate surface area is 346 Å². The molecular weight excluding hydrogens is 735 g/mol. The first-order valence-electron chi connectivity index (χ1n) is 19.8. The smallest absolute Gasteiger partial charge is 0.187 e. The van der Waals surface area contributed by atoms with E-state index >= 15 is 0 Å². The second kappa shape index (κ2) is 14.3. The minimum absolute atomic E-state index is 0.606. The predicted molar refractivity (Wildman–Crippen MR) is 251 cm³/mol. The van der Waals surface area contributed by atoms with Crippen molar-refractivity contribution in [3.05, 3.63) is 224 Å². The van der Waals surface area contributed by atoms with Crippen molar-refractivity contribution in [1.29, 1.82) is 0 Å². The van der Waals surface area contributed by atoms with Crippen LogP contribution in [0.4, 0.5) is 22.7 Å². The average molecular weight is 770 g/mol. The molecule has 9 aromatic carbocycles. The number of aromatic nitrogens is 1. The molecule has 0 atom stereocenters. The molecular formula is C55H35N3S. The molecule has 11 rings (SSSR count). The molecule has 4 heteroatoms. The van der Waals surface area contributed by atoms with Gasteiger partial charge >= 0.3 is 0 Å². The van der Waals surface area contributed by atoms with Gasteiger partial charge in [-0.3, -0.25) is 0 Å². The van der Waals surface area contributed by atoms with Crippen LogP contribution in [-0.4, -0.2) is 4.57 Å². The van der Waals surface area contributed by atoms with Crippen LogP contribution in [0.25, 0.3) is 85.9 Å².